The molecule has 3 rings (SSSR count). The number of hydrogen-bond donors (Lipinski definition) is 0. The molecule has 0 spiro atoms. The standard InChI is InChI=1S/C24H27N3O2/c1-18-5-8-20(9-6-18)10-12-22-24(29-16-15-28-14-13-27(3)4)26-21-11-7-19(2)17-23(21)25-22/h5-9,11,17H,13-16H2,1-4H3. The fraction of sp³-hybridized carbons (Fsp3) is 0.333. The van der Waals surface area contributed by atoms with Crippen molar-refractivity contribution in [1.29, 1.82) is 0 Å². The van der Waals surface area contributed by atoms with E-state index in [-0.39, 0.29) is 0 Å². The molecule has 0 atom stereocenters. The van der Waals surface area contributed by atoms with Crippen molar-refractivity contribution in [2.24, 2.45) is 0 Å². The Kier molecular flexibility index (Phi) is 7.18. The van der Waals surface area contributed by atoms with E-state index in [1.807, 2.05) is 63.5 Å². The lowest BCUT2D eigenvalue weighted by molar-refractivity contribution is 0.0875. The first kappa shape index (κ1) is 20.8. The summed E-state index contributed by atoms with van der Waals surface area (Å²) in [5.74, 6) is 6.74. The van der Waals surface area contributed by atoms with Crippen molar-refractivity contribution < 1.29 is 9.47 Å². The van der Waals surface area contributed by atoms with Crippen LogP contribution in [0.2, 0.25) is 0 Å². The van der Waals surface area contributed by atoms with Crippen LogP contribution in [-0.4, -0.2) is 55.3 Å². The second-order valence-corrected chi connectivity index (χ2v) is 7.25. The van der Waals surface area contributed by atoms with Crippen LogP contribution in [-0.2, 0) is 4.74 Å². The van der Waals surface area contributed by atoms with E-state index in [2.05, 4.69) is 28.6 Å². The molecule has 0 N–H and O–H groups in total. The van der Waals surface area contributed by atoms with Crippen LogP contribution in [0.3, 0.4) is 0 Å². The zero-order valence-electron chi connectivity index (χ0n) is 17.5. The molecule has 0 radical (unpaired) electrons. The molecule has 5 nitrogen and oxygen atoms in total. The van der Waals surface area contributed by atoms with Gasteiger partial charge in [-0.15, -0.1) is 0 Å². The van der Waals surface area contributed by atoms with E-state index in [1.165, 1.54) is 5.56 Å². The highest BCUT2D eigenvalue weighted by molar-refractivity contribution is 5.76. The predicted octanol–water partition coefficient (Wildman–Crippen LogP) is 3.60. The van der Waals surface area contributed by atoms with Gasteiger partial charge in [0.2, 0.25) is 5.88 Å². The first-order valence-corrected chi connectivity index (χ1v) is 9.73. The van der Waals surface area contributed by atoms with Gasteiger partial charge in [-0.05, 0) is 63.7 Å². The maximum atomic E-state index is 5.88. The number of aromatic nitrogens is 2. The molecule has 29 heavy (non-hydrogen) atoms. The molecule has 5 heteroatoms. The second kappa shape index (κ2) is 10.0. The maximum absolute atomic E-state index is 5.88. The quantitative estimate of drug-likeness (QED) is 0.456. The zero-order valence-corrected chi connectivity index (χ0v) is 17.5. The van der Waals surface area contributed by atoms with Gasteiger partial charge in [0.05, 0.1) is 24.2 Å². The molecule has 0 amide bonds. The Bertz CT molecular complexity index is 1020. The summed E-state index contributed by atoms with van der Waals surface area (Å²) in [6.45, 7) is 6.53. The third kappa shape index (κ3) is 6.28. The summed E-state index contributed by atoms with van der Waals surface area (Å²) < 4.78 is 11.5. The van der Waals surface area contributed by atoms with Crippen LogP contribution >= 0.6 is 0 Å². The summed E-state index contributed by atoms with van der Waals surface area (Å²) in [5, 5.41) is 0. The Labute approximate surface area is 172 Å². The van der Waals surface area contributed by atoms with E-state index in [4.69, 9.17) is 14.5 Å². The first-order chi connectivity index (χ1) is 14.0. The van der Waals surface area contributed by atoms with Crippen LogP contribution in [0.5, 0.6) is 5.88 Å². The molecule has 0 saturated carbocycles. The molecule has 0 saturated heterocycles. The fourth-order valence-corrected chi connectivity index (χ4v) is 2.64. The highest BCUT2D eigenvalue weighted by atomic mass is 16.5. The molecule has 0 aliphatic rings. The van der Waals surface area contributed by atoms with Crippen molar-refractivity contribution in [3.63, 3.8) is 0 Å². The van der Waals surface area contributed by atoms with Crippen molar-refractivity contribution in [2.75, 3.05) is 40.5 Å². The van der Waals surface area contributed by atoms with Crippen LogP contribution in [0, 0.1) is 25.7 Å². The minimum Gasteiger partial charge on any atom is -0.473 e. The molecular weight excluding hydrogens is 362 g/mol. The van der Waals surface area contributed by atoms with Crippen molar-refractivity contribution in [1.82, 2.24) is 14.9 Å². The largest absolute Gasteiger partial charge is 0.473 e. The molecule has 1 aromatic heterocycles. The lowest BCUT2D eigenvalue weighted by Gasteiger charge is -2.11. The van der Waals surface area contributed by atoms with Crippen molar-refractivity contribution in [3.8, 4) is 17.7 Å². The summed E-state index contributed by atoms with van der Waals surface area (Å²) >= 11 is 0. The molecule has 0 aliphatic carbocycles. The molecule has 3 aromatic rings. The molecular formula is C24H27N3O2. The summed E-state index contributed by atoms with van der Waals surface area (Å²) in [5.41, 5.74) is 5.41. The number of ether oxygens (including phenoxy) is 2. The molecule has 1 heterocycles. The number of rotatable bonds is 7. The first-order valence-electron chi connectivity index (χ1n) is 9.73. The third-order valence-electron chi connectivity index (χ3n) is 4.31. The van der Waals surface area contributed by atoms with Crippen LogP contribution in [0.4, 0.5) is 0 Å². The van der Waals surface area contributed by atoms with Gasteiger partial charge in [-0.3, -0.25) is 0 Å². The highest BCUT2D eigenvalue weighted by Crippen LogP contribution is 2.19. The maximum Gasteiger partial charge on any atom is 0.249 e. The normalized spacial score (nSPS) is 10.8. The Morgan fingerprint density at radius 1 is 0.828 bits per heavy atom. The molecule has 0 unspecified atom stereocenters. The number of benzene rings is 2. The number of aryl methyl sites for hydroxylation is 2. The van der Waals surface area contributed by atoms with Gasteiger partial charge >= 0.3 is 0 Å². The lowest BCUT2D eigenvalue weighted by atomic mass is 10.1. The predicted molar refractivity (Wildman–Crippen MR) is 116 cm³/mol. The molecule has 0 bridgehead atoms. The number of fused-ring (bicyclic) bond motifs is 1. The number of nitrogens with zero attached hydrogens (tertiary/aromatic N) is 3. The van der Waals surface area contributed by atoms with Gasteiger partial charge in [0.25, 0.3) is 0 Å². The van der Waals surface area contributed by atoms with E-state index in [0.29, 0.717) is 31.4 Å². The van der Waals surface area contributed by atoms with Gasteiger partial charge < -0.3 is 14.4 Å². The molecule has 0 fully saturated rings. The van der Waals surface area contributed by atoms with E-state index in [0.717, 1.165) is 28.7 Å². The SMILES string of the molecule is Cc1ccc(C#Cc2nc3cc(C)ccc3nc2OCCOCCN(C)C)cc1. The van der Waals surface area contributed by atoms with E-state index >= 15 is 0 Å². The molecule has 2 aromatic carbocycles. The van der Waals surface area contributed by atoms with E-state index in [9.17, 15) is 0 Å². The van der Waals surface area contributed by atoms with Gasteiger partial charge in [-0.2, -0.15) is 0 Å². The van der Waals surface area contributed by atoms with Gasteiger partial charge in [0, 0.05) is 12.1 Å². The van der Waals surface area contributed by atoms with Crippen LogP contribution < -0.4 is 4.74 Å². The highest BCUT2D eigenvalue weighted by Gasteiger charge is 2.09. The Balaban J connectivity index is 1.79. The Morgan fingerprint density at radius 2 is 1.59 bits per heavy atom. The summed E-state index contributed by atoms with van der Waals surface area (Å²) in [6.07, 6.45) is 0. The van der Waals surface area contributed by atoms with Crippen molar-refractivity contribution in [2.45, 2.75) is 13.8 Å². The van der Waals surface area contributed by atoms with E-state index < -0.39 is 0 Å². The monoisotopic (exact) mass is 389 g/mol. The fourth-order valence-electron chi connectivity index (χ4n) is 2.64. The van der Waals surface area contributed by atoms with Gasteiger partial charge in [0.1, 0.15) is 6.61 Å². The van der Waals surface area contributed by atoms with Crippen LogP contribution in [0.25, 0.3) is 11.0 Å². The lowest BCUT2D eigenvalue weighted by Crippen LogP contribution is -2.19. The smallest absolute Gasteiger partial charge is 0.249 e. The average Bonchev–Trinajstić information content (AvgIpc) is 2.70. The Morgan fingerprint density at radius 3 is 2.34 bits per heavy atom. The minimum absolute atomic E-state index is 0.401. The molecule has 0 aliphatic heterocycles. The van der Waals surface area contributed by atoms with Gasteiger partial charge in [-0.25, -0.2) is 9.97 Å². The summed E-state index contributed by atoms with van der Waals surface area (Å²) in [7, 11) is 4.04. The van der Waals surface area contributed by atoms with Crippen LogP contribution in [0.1, 0.15) is 22.4 Å². The van der Waals surface area contributed by atoms with Gasteiger partial charge in [0.15, 0.2) is 5.69 Å². The number of hydrogen-bond acceptors (Lipinski definition) is 5. The van der Waals surface area contributed by atoms with E-state index in [1.54, 1.807) is 0 Å². The average molecular weight is 389 g/mol. The number of likely N-dealkylation sites (N-methyl/N-ethyl adjacent to an activating group) is 1. The van der Waals surface area contributed by atoms with Crippen molar-refractivity contribution >= 4 is 11.0 Å². The minimum atomic E-state index is 0.401. The summed E-state index contributed by atoms with van der Waals surface area (Å²) in [4.78, 5) is 11.4. The Hall–Kier alpha value is -2.94. The van der Waals surface area contributed by atoms with Crippen LogP contribution in [0.15, 0.2) is 42.5 Å². The zero-order chi connectivity index (χ0) is 20.6. The molecule has 150 valence electrons. The summed E-state index contributed by atoms with van der Waals surface area (Å²) in [6, 6.07) is 14.1. The van der Waals surface area contributed by atoms with Crippen molar-refractivity contribution in [3.05, 3.63) is 64.8 Å². The third-order valence-corrected chi connectivity index (χ3v) is 4.31. The second-order valence-electron chi connectivity index (χ2n) is 7.25. The van der Waals surface area contributed by atoms with Gasteiger partial charge in [-0.1, -0.05) is 29.7 Å². The topological polar surface area (TPSA) is 47.5 Å².